The number of aromatic nitrogens is 6. The molecule has 0 spiro atoms. The van der Waals surface area contributed by atoms with E-state index in [2.05, 4.69) is 31.0 Å². The third-order valence-electron chi connectivity index (χ3n) is 9.54. The minimum atomic E-state index is -0.981. The van der Waals surface area contributed by atoms with Gasteiger partial charge in [0, 0.05) is 42.6 Å². The van der Waals surface area contributed by atoms with Gasteiger partial charge >= 0.3 is 12.0 Å². The highest BCUT2D eigenvalue weighted by Crippen LogP contribution is 2.44. The molecule has 3 saturated heterocycles. The maximum Gasteiger partial charge on any atom is 0.347 e. The number of anilines is 2. The number of nitrogens with zero attached hydrogens (tertiary/aromatic N) is 10. The van der Waals surface area contributed by atoms with Crippen LogP contribution in [0, 0.1) is 23.0 Å². The van der Waals surface area contributed by atoms with Crippen molar-refractivity contribution < 1.29 is 22.7 Å². The van der Waals surface area contributed by atoms with Crippen LogP contribution in [-0.4, -0.2) is 103 Å². The van der Waals surface area contributed by atoms with E-state index in [9.17, 15) is 18.8 Å². The summed E-state index contributed by atoms with van der Waals surface area (Å²) >= 11 is 7.72. The SMILES string of the molecule is N#C[C@H]1CN(c2nc(OC[C@@]34CCCN3C[C@H](F)C4)nc3c(F)c(-c4ccc(F)c5sc(N)nc45)c(Cl)cc23)CCN1C(=O)n1cncn1. The van der Waals surface area contributed by atoms with Crippen LogP contribution in [0.5, 0.6) is 6.01 Å². The van der Waals surface area contributed by atoms with E-state index in [1.165, 1.54) is 35.8 Å². The van der Waals surface area contributed by atoms with Crippen LogP contribution in [0.1, 0.15) is 19.3 Å². The number of piperazine rings is 1. The zero-order valence-corrected chi connectivity index (χ0v) is 27.3. The molecule has 0 saturated carbocycles. The summed E-state index contributed by atoms with van der Waals surface area (Å²) in [4.78, 5) is 35.5. The van der Waals surface area contributed by atoms with Crippen molar-refractivity contribution in [3.63, 3.8) is 0 Å². The van der Waals surface area contributed by atoms with Crippen molar-refractivity contribution in [3.05, 3.63) is 47.5 Å². The van der Waals surface area contributed by atoms with Gasteiger partial charge in [0.25, 0.3) is 0 Å². The van der Waals surface area contributed by atoms with E-state index in [1.54, 1.807) is 4.90 Å². The number of halogens is 4. The molecule has 49 heavy (non-hydrogen) atoms. The Bertz CT molecular complexity index is 2160. The number of hydrogen-bond acceptors (Lipinski definition) is 12. The smallest absolute Gasteiger partial charge is 0.347 e. The highest BCUT2D eigenvalue weighted by molar-refractivity contribution is 7.22. The van der Waals surface area contributed by atoms with Crippen LogP contribution in [0.3, 0.4) is 0 Å². The number of nitrogens with two attached hydrogens (primary N) is 1. The first-order valence-electron chi connectivity index (χ1n) is 15.5. The summed E-state index contributed by atoms with van der Waals surface area (Å²) in [5, 5.41) is 14.3. The number of alkyl halides is 1. The molecular weight excluding hydrogens is 683 g/mol. The standard InChI is InChI=1S/C31H27ClF3N11O2S/c32-20-8-19-24(23(35)22(20)18-2-3-21(34)26-25(18)40-28(37)49-26)41-29(48-13-31-4-1-5-44(31)11-16(33)9-31)42-27(19)43-6-7-45(17(10-36)12-43)30(47)46-15-38-14-39-46/h2-3,8,14-17H,1,4-7,9,11-13H2,(H2,37,40)/t16-,17+,31+/m1/s1. The predicted octanol–water partition coefficient (Wildman–Crippen LogP) is 4.65. The number of carbonyl (C=O) groups is 1. The van der Waals surface area contributed by atoms with Gasteiger partial charge in [-0.05, 0) is 37.6 Å². The molecule has 252 valence electrons. The summed E-state index contributed by atoms with van der Waals surface area (Å²) in [6.07, 6.45) is 3.45. The second kappa shape index (κ2) is 12.0. The Labute approximate surface area is 285 Å². The van der Waals surface area contributed by atoms with Gasteiger partial charge in [-0.15, -0.1) is 0 Å². The Morgan fingerprint density at radius 3 is 2.84 bits per heavy atom. The van der Waals surface area contributed by atoms with Gasteiger partial charge in [0.05, 0.1) is 33.4 Å². The van der Waals surface area contributed by atoms with Crippen LogP contribution < -0.4 is 15.4 Å². The fourth-order valence-corrected chi connectivity index (χ4v) is 8.37. The molecule has 2 N–H and O–H groups in total. The minimum Gasteiger partial charge on any atom is -0.461 e. The fourth-order valence-electron chi connectivity index (χ4n) is 7.31. The summed E-state index contributed by atoms with van der Waals surface area (Å²) in [7, 11) is 0. The Hall–Kier alpha value is -4.79. The Balaban J connectivity index is 1.23. The van der Waals surface area contributed by atoms with Gasteiger partial charge in [-0.1, -0.05) is 22.9 Å². The molecule has 5 aromatic rings. The van der Waals surface area contributed by atoms with Crippen LogP contribution in [0.2, 0.25) is 5.02 Å². The Morgan fingerprint density at radius 2 is 2.04 bits per heavy atom. The van der Waals surface area contributed by atoms with Crippen LogP contribution in [0.25, 0.3) is 32.2 Å². The van der Waals surface area contributed by atoms with Crippen LogP contribution in [0.4, 0.5) is 28.9 Å². The number of thiazole rings is 1. The zero-order valence-electron chi connectivity index (χ0n) is 25.7. The minimum absolute atomic E-state index is 0.0137. The van der Waals surface area contributed by atoms with Gasteiger partial charge < -0.3 is 20.3 Å². The zero-order chi connectivity index (χ0) is 34.0. The quantitative estimate of drug-likeness (QED) is 0.271. The first-order chi connectivity index (χ1) is 23.7. The highest BCUT2D eigenvalue weighted by atomic mass is 35.5. The average Bonchev–Trinajstić information content (AvgIpc) is 3.89. The van der Waals surface area contributed by atoms with Gasteiger partial charge in [-0.3, -0.25) is 4.90 Å². The lowest BCUT2D eigenvalue weighted by Gasteiger charge is -2.38. The average molecular weight is 710 g/mol. The molecule has 0 radical (unpaired) electrons. The number of hydrogen-bond donors (Lipinski definition) is 1. The lowest BCUT2D eigenvalue weighted by Crippen LogP contribution is -2.56. The summed E-state index contributed by atoms with van der Waals surface area (Å²) < 4.78 is 53.4. The molecule has 1 amide bonds. The summed E-state index contributed by atoms with van der Waals surface area (Å²) in [6, 6.07) is 4.67. The van der Waals surface area contributed by atoms with Crippen molar-refractivity contribution in [2.75, 3.05) is 50.0 Å². The van der Waals surface area contributed by atoms with Crippen molar-refractivity contribution in [3.8, 4) is 23.2 Å². The lowest BCUT2D eigenvalue weighted by atomic mass is 9.95. The second-order valence-corrected chi connectivity index (χ2v) is 13.8. The van der Waals surface area contributed by atoms with Gasteiger partial charge in [0.1, 0.15) is 48.6 Å². The molecule has 0 unspecified atom stereocenters. The molecule has 3 aliphatic rings. The maximum absolute atomic E-state index is 16.9. The monoisotopic (exact) mass is 709 g/mol. The summed E-state index contributed by atoms with van der Waals surface area (Å²) in [5.41, 5.74) is 5.55. The van der Waals surface area contributed by atoms with Gasteiger partial charge in [0.15, 0.2) is 10.9 Å². The van der Waals surface area contributed by atoms with Gasteiger partial charge in [-0.2, -0.15) is 25.0 Å². The van der Waals surface area contributed by atoms with Crippen LogP contribution >= 0.6 is 22.9 Å². The summed E-state index contributed by atoms with van der Waals surface area (Å²) in [6.45, 7) is 1.51. The first kappa shape index (κ1) is 31.5. The molecule has 8 rings (SSSR count). The van der Waals surface area contributed by atoms with E-state index < -0.39 is 35.4 Å². The van der Waals surface area contributed by atoms with E-state index >= 15 is 4.39 Å². The number of ether oxygens (including phenoxy) is 1. The topological polar surface area (TPSA) is 155 Å². The number of fused-ring (bicyclic) bond motifs is 3. The van der Waals surface area contributed by atoms with E-state index in [0.29, 0.717) is 13.0 Å². The molecule has 2 aromatic carbocycles. The first-order valence-corrected chi connectivity index (χ1v) is 16.7. The third-order valence-corrected chi connectivity index (χ3v) is 10.7. The normalized spacial score (nSPS) is 22.6. The molecule has 3 aromatic heterocycles. The van der Waals surface area contributed by atoms with Crippen molar-refractivity contribution >= 4 is 61.0 Å². The van der Waals surface area contributed by atoms with Crippen LogP contribution in [0.15, 0.2) is 30.9 Å². The van der Waals surface area contributed by atoms with E-state index in [1.807, 2.05) is 0 Å². The summed E-state index contributed by atoms with van der Waals surface area (Å²) in [5.74, 6) is -1.14. The van der Waals surface area contributed by atoms with Crippen molar-refractivity contribution in [2.45, 2.75) is 37.0 Å². The van der Waals surface area contributed by atoms with Crippen molar-refractivity contribution in [1.82, 2.24) is 39.5 Å². The highest BCUT2D eigenvalue weighted by Gasteiger charge is 2.49. The largest absolute Gasteiger partial charge is 0.461 e. The fraction of sp³-hybridized carbons (Fsp3) is 0.387. The molecule has 13 nitrogen and oxygen atoms in total. The van der Waals surface area contributed by atoms with E-state index in [4.69, 9.17) is 27.1 Å². The molecule has 0 aliphatic carbocycles. The molecular formula is C31H27ClF3N11O2S. The van der Waals surface area contributed by atoms with E-state index in [0.717, 1.165) is 35.4 Å². The molecule has 3 fully saturated rings. The molecule has 0 bridgehead atoms. The third kappa shape index (κ3) is 5.25. The van der Waals surface area contributed by atoms with Crippen molar-refractivity contribution in [1.29, 1.82) is 5.26 Å². The predicted molar refractivity (Wildman–Crippen MR) is 175 cm³/mol. The number of benzene rings is 2. The number of amides is 1. The number of rotatable bonds is 5. The molecule has 6 heterocycles. The number of carbonyl (C=O) groups excluding carboxylic acids is 1. The van der Waals surface area contributed by atoms with Crippen molar-refractivity contribution in [2.24, 2.45) is 0 Å². The lowest BCUT2D eigenvalue weighted by molar-refractivity contribution is 0.107. The van der Waals surface area contributed by atoms with Gasteiger partial charge in [-0.25, -0.2) is 27.9 Å². The van der Waals surface area contributed by atoms with E-state index in [-0.39, 0.29) is 80.5 Å². The van der Waals surface area contributed by atoms with Crippen LogP contribution in [-0.2, 0) is 0 Å². The second-order valence-electron chi connectivity index (χ2n) is 12.4. The van der Waals surface area contributed by atoms with Gasteiger partial charge in [0.2, 0.25) is 0 Å². The molecule has 3 aliphatic heterocycles. The maximum atomic E-state index is 16.9. The number of nitrogen functional groups attached to an aromatic ring is 1. The Kier molecular flexibility index (Phi) is 7.69. The molecule has 18 heteroatoms. The number of nitriles is 1. The Morgan fingerprint density at radius 1 is 1.18 bits per heavy atom. The molecule has 3 atom stereocenters.